The molecule has 0 saturated carbocycles. The van der Waals surface area contributed by atoms with Crippen molar-refractivity contribution >= 4 is 10.0 Å². The van der Waals surface area contributed by atoms with Gasteiger partial charge in [0.25, 0.3) is 0 Å². The molecule has 6 heteroatoms. The normalized spacial score (nSPS) is 22.1. The average molecular weight is 264 g/mol. The summed E-state index contributed by atoms with van der Waals surface area (Å²) in [6.45, 7) is 5.01. The highest BCUT2D eigenvalue weighted by atomic mass is 32.2. The Balaban J connectivity index is 2.26. The van der Waals surface area contributed by atoms with Crippen molar-refractivity contribution in [2.75, 3.05) is 39.0 Å². The van der Waals surface area contributed by atoms with Crippen molar-refractivity contribution in [1.82, 2.24) is 9.62 Å². The van der Waals surface area contributed by atoms with Gasteiger partial charge >= 0.3 is 0 Å². The topological polar surface area (TPSA) is 58.6 Å². The number of hydrogen-bond donors (Lipinski definition) is 1. The zero-order chi connectivity index (χ0) is 12.7. The van der Waals surface area contributed by atoms with E-state index in [9.17, 15) is 8.42 Å². The monoisotopic (exact) mass is 264 g/mol. The van der Waals surface area contributed by atoms with Crippen molar-refractivity contribution in [2.24, 2.45) is 0 Å². The lowest BCUT2D eigenvalue weighted by Gasteiger charge is -2.16. The first-order chi connectivity index (χ1) is 8.10. The standard InChI is InChI=1S/C11H24N2O3S/c1-3-12-7-4-5-9-17(14,15)13-8-6-11(10-13)16-2/h11-12H,3-10H2,1-2H3. The molecule has 1 fully saturated rings. The van der Waals surface area contributed by atoms with Crippen LogP contribution in [0.4, 0.5) is 0 Å². The van der Waals surface area contributed by atoms with Crippen LogP contribution in [0.25, 0.3) is 0 Å². The van der Waals surface area contributed by atoms with Gasteiger partial charge in [-0.1, -0.05) is 6.92 Å². The third kappa shape index (κ3) is 4.91. The molecule has 102 valence electrons. The SMILES string of the molecule is CCNCCCCS(=O)(=O)N1CCC(OC)C1. The fourth-order valence-electron chi connectivity index (χ4n) is 1.98. The summed E-state index contributed by atoms with van der Waals surface area (Å²) in [5.41, 5.74) is 0. The summed E-state index contributed by atoms with van der Waals surface area (Å²) >= 11 is 0. The maximum Gasteiger partial charge on any atom is 0.214 e. The predicted molar refractivity (Wildman–Crippen MR) is 68.6 cm³/mol. The second-order valence-corrected chi connectivity index (χ2v) is 6.47. The Morgan fingerprint density at radius 2 is 2.18 bits per heavy atom. The molecule has 1 heterocycles. The van der Waals surface area contributed by atoms with Gasteiger partial charge in [0, 0.05) is 20.2 Å². The zero-order valence-corrected chi connectivity index (χ0v) is 11.6. The lowest BCUT2D eigenvalue weighted by Crippen LogP contribution is -2.32. The van der Waals surface area contributed by atoms with Gasteiger partial charge in [-0.05, 0) is 32.4 Å². The molecule has 1 unspecified atom stereocenters. The summed E-state index contributed by atoms with van der Waals surface area (Å²) in [6.07, 6.45) is 2.53. The highest BCUT2D eigenvalue weighted by Crippen LogP contribution is 2.16. The van der Waals surface area contributed by atoms with E-state index in [0.717, 1.165) is 32.4 Å². The van der Waals surface area contributed by atoms with Crippen molar-refractivity contribution in [3.8, 4) is 0 Å². The quantitative estimate of drug-likeness (QED) is 0.646. The minimum absolute atomic E-state index is 0.0755. The second kappa shape index (κ2) is 7.31. The first kappa shape index (κ1) is 14.9. The van der Waals surface area contributed by atoms with E-state index >= 15 is 0 Å². The van der Waals surface area contributed by atoms with Crippen molar-refractivity contribution in [1.29, 1.82) is 0 Å². The lowest BCUT2D eigenvalue weighted by molar-refractivity contribution is 0.115. The lowest BCUT2D eigenvalue weighted by atomic mass is 10.3. The number of nitrogens with one attached hydrogen (secondary N) is 1. The Hall–Kier alpha value is -0.170. The highest BCUT2D eigenvalue weighted by molar-refractivity contribution is 7.89. The zero-order valence-electron chi connectivity index (χ0n) is 10.8. The van der Waals surface area contributed by atoms with Gasteiger partial charge in [0.1, 0.15) is 0 Å². The second-order valence-electron chi connectivity index (χ2n) is 4.38. The van der Waals surface area contributed by atoms with Crippen LogP contribution in [0.2, 0.25) is 0 Å². The maximum atomic E-state index is 12.0. The van der Waals surface area contributed by atoms with E-state index in [1.165, 1.54) is 0 Å². The molecule has 0 radical (unpaired) electrons. The van der Waals surface area contributed by atoms with Crippen LogP contribution >= 0.6 is 0 Å². The van der Waals surface area contributed by atoms with E-state index in [0.29, 0.717) is 13.1 Å². The van der Waals surface area contributed by atoms with Crippen LogP contribution in [0.3, 0.4) is 0 Å². The van der Waals surface area contributed by atoms with Crippen LogP contribution in [-0.4, -0.2) is 57.9 Å². The number of rotatable bonds is 8. The van der Waals surface area contributed by atoms with Crippen LogP contribution in [0.5, 0.6) is 0 Å². The molecule has 1 aliphatic rings. The van der Waals surface area contributed by atoms with Crippen LogP contribution in [0, 0.1) is 0 Å². The molecule has 5 nitrogen and oxygen atoms in total. The highest BCUT2D eigenvalue weighted by Gasteiger charge is 2.30. The van der Waals surface area contributed by atoms with Crippen molar-refractivity contribution in [3.63, 3.8) is 0 Å². The first-order valence-corrected chi connectivity index (χ1v) is 7.92. The first-order valence-electron chi connectivity index (χ1n) is 6.31. The van der Waals surface area contributed by atoms with E-state index in [1.807, 2.05) is 6.92 Å². The predicted octanol–water partition coefficient (Wildman–Crippen LogP) is 0.427. The Kier molecular flexibility index (Phi) is 6.40. The minimum atomic E-state index is -3.06. The molecule has 17 heavy (non-hydrogen) atoms. The van der Waals surface area contributed by atoms with E-state index in [1.54, 1.807) is 11.4 Å². The molecule has 1 saturated heterocycles. The van der Waals surface area contributed by atoms with Gasteiger partial charge in [-0.2, -0.15) is 4.31 Å². The van der Waals surface area contributed by atoms with Gasteiger partial charge in [-0.3, -0.25) is 0 Å². The van der Waals surface area contributed by atoms with Crippen LogP contribution in [-0.2, 0) is 14.8 Å². The summed E-state index contributed by atoms with van der Waals surface area (Å²) in [5, 5.41) is 3.19. The van der Waals surface area contributed by atoms with E-state index in [2.05, 4.69) is 5.32 Å². The Morgan fingerprint density at radius 3 is 2.76 bits per heavy atom. The van der Waals surface area contributed by atoms with Gasteiger partial charge in [-0.25, -0.2) is 8.42 Å². The number of hydrogen-bond acceptors (Lipinski definition) is 4. The summed E-state index contributed by atoms with van der Waals surface area (Å²) in [6, 6.07) is 0. The molecule has 1 aliphatic heterocycles. The van der Waals surface area contributed by atoms with Crippen LogP contribution in [0.15, 0.2) is 0 Å². The third-order valence-corrected chi connectivity index (χ3v) is 5.01. The molecule has 0 aromatic heterocycles. The molecule has 1 atom stereocenters. The number of ether oxygens (including phenoxy) is 1. The van der Waals surface area contributed by atoms with E-state index in [-0.39, 0.29) is 11.9 Å². The summed E-state index contributed by atoms with van der Waals surface area (Å²) in [5.74, 6) is 0.259. The molecule has 0 aromatic carbocycles. The summed E-state index contributed by atoms with van der Waals surface area (Å²) < 4.78 is 30.7. The smallest absolute Gasteiger partial charge is 0.214 e. The molecule has 1 N–H and O–H groups in total. The molecule has 0 aromatic rings. The maximum absolute atomic E-state index is 12.0. The average Bonchev–Trinajstić information content (AvgIpc) is 2.78. The molecule has 1 rings (SSSR count). The largest absolute Gasteiger partial charge is 0.380 e. The summed E-state index contributed by atoms with van der Waals surface area (Å²) in [7, 11) is -1.43. The Morgan fingerprint density at radius 1 is 1.41 bits per heavy atom. The molecular formula is C11H24N2O3S. The fraction of sp³-hybridized carbons (Fsp3) is 1.00. The third-order valence-electron chi connectivity index (χ3n) is 3.09. The van der Waals surface area contributed by atoms with E-state index in [4.69, 9.17) is 4.74 Å². The number of unbranched alkanes of at least 4 members (excludes halogenated alkanes) is 1. The van der Waals surface area contributed by atoms with Crippen LogP contribution < -0.4 is 5.32 Å². The fourth-order valence-corrected chi connectivity index (χ4v) is 3.59. The van der Waals surface area contributed by atoms with Crippen LogP contribution in [0.1, 0.15) is 26.2 Å². The number of methoxy groups -OCH3 is 1. The Labute approximate surface area is 105 Å². The number of sulfonamides is 1. The van der Waals surface area contributed by atoms with Gasteiger partial charge in [0.15, 0.2) is 0 Å². The van der Waals surface area contributed by atoms with Gasteiger partial charge < -0.3 is 10.1 Å². The molecule has 0 bridgehead atoms. The van der Waals surface area contributed by atoms with Gasteiger partial charge in [0.05, 0.1) is 11.9 Å². The van der Waals surface area contributed by atoms with Gasteiger partial charge in [-0.15, -0.1) is 0 Å². The molecule has 0 amide bonds. The van der Waals surface area contributed by atoms with Gasteiger partial charge in [0.2, 0.25) is 10.0 Å². The van der Waals surface area contributed by atoms with Crippen molar-refractivity contribution < 1.29 is 13.2 Å². The molecular weight excluding hydrogens is 240 g/mol. The van der Waals surface area contributed by atoms with E-state index < -0.39 is 10.0 Å². The Bertz CT molecular complexity index is 306. The molecule has 0 spiro atoms. The number of nitrogens with zero attached hydrogens (tertiary/aromatic N) is 1. The van der Waals surface area contributed by atoms with Crippen molar-refractivity contribution in [2.45, 2.75) is 32.3 Å². The van der Waals surface area contributed by atoms with Crippen molar-refractivity contribution in [3.05, 3.63) is 0 Å². The minimum Gasteiger partial charge on any atom is -0.380 e. The summed E-state index contributed by atoms with van der Waals surface area (Å²) in [4.78, 5) is 0. The molecule has 0 aliphatic carbocycles.